The second-order valence-electron chi connectivity index (χ2n) is 4.75. The Kier molecular flexibility index (Phi) is 6.23. The van der Waals surface area contributed by atoms with Gasteiger partial charge in [0.1, 0.15) is 6.04 Å². The van der Waals surface area contributed by atoms with Crippen molar-refractivity contribution >= 4 is 18.3 Å². The summed E-state index contributed by atoms with van der Waals surface area (Å²) in [5, 5.41) is 3.27. The van der Waals surface area contributed by atoms with E-state index in [2.05, 4.69) is 5.32 Å². The molecule has 0 unspecified atom stereocenters. The van der Waals surface area contributed by atoms with E-state index in [1.54, 1.807) is 0 Å². The van der Waals surface area contributed by atoms with E-state index >= 15 is 0 Å². The van der Waals surface area contributed by atoms with E-state index in [1.165, 1.54) is 12.8 Å². The van der Waals surface area contributed by atoms with Gasteiger partial charge in [-0.1, -0.05) is 12.8 Å². The van der Waals surface area contributed by atoms with Crippen LogP contribution in [-0.2, 0) is 9.53 Å². The number of nitrogens with zero attached hydrogens (tertiary/aromatic N) is 1. The molecular formula is C12H23ClN2O2. The Hall–Kier alpha value is -0.320. The minimum atomic E-state index is -0.133. The van der Waals surface area contributed by atoms with Crippen LogP contribution in [0.3, 0.4) is 0 Å². The van der Waals surface area contributed by atoms with Crippen molar-refractivity contribution in [3.63, 3.8) is 0 Å². The number of nitrogens with one attached hydrogen (secondary N) is 1. The Morgan fingerprint density at radius 1 is 1.24 bits per heavy atom. The van der Waals surface area contributed by atoms with Crippen LogP contribution in [0, 0.1) is 0 Å². The number of ether oxygens (including phenoxy) is 1. The van der Waals surface area contributed by atoms with Gasteiger partial charge in [0.2, 0.25) is 5.91 Å². The van der Waals surface area contributed by atoms with Crippen molar-refractivity contribution in [2.45, 2.75) is 44.8 Å². The van der Waals surface area contributed by atoms with Gasteiger partial charge in [0.05, 0.1) is 12.7 Å². The predicted octanol–water partition coefficient (Wildman–Crippen LogP) is 1.19. The molecule has 0 radical (unpaired) electrons. The highest BCUT2D eigenvalue weighted by Crippen LogP contribution is 2.13. The van der Waals surface area contributed by atoms with Crippen molar-refractivity contribution in [3.05, 3.63) is 0 Å². The molecule has 2 rings (SSSR count). The van der Waals surface area contributed by atoms with Gasteiger partial charge in [-0.2, -0.15) is 0 Å². The highest BCUT2D eigenvalue weighted by atomic mass is 35.5. The van der Waals surface area contributed by atoms with Gasteiger partial charge in [-0.15, -0.1) is 12.4 Å². The van der Waals surface area contributed by atoms with Crippen LogP contribution in [0.1, 0.15) is 32.6 Å². The Bertz CT molecular complexity index is 243. The molecule has 5 heteroatoms. The van der Waals surface area contributed by atoms with Gasteiger partial charge in [0.25, 0.3) is 0 Å². The molecule has 0 aromatic heterocycles. The zero-order valence-corrected chi connectivity index (χ0v) is 11.3. The number of amides is 1. The number of carbonyl (C=O) groups excluding carboxylic acids is 1. The summed E-state index contributed by atoms with van der Waals surface area (Å²) in [6.45, 7) is 5.32. The summed E-state index contributed by atoms with van der Waals surface area (Å²) >= 11 is 0. The van der Waals surface area contributed by atoms with E-state index in [0.717, 1.165) is 32.5 Å². The van der Waals surface area contributed by atoms with Gasteiger partial charge >= 0.3 is 0 Å². The van der Waals surface area contributed by atoms with Gasteiger partial charge in [-0.05, 0) is 19.8 Å². The van der Waals surface area contributed by atoms with E-state index in [9.17, 15) is 4.79 Å². The van der Waals surface area contributed by atoms with Crippen LogP contribution in [0.4, 0.5) is 0 Å². The van der Waals surface area contributed by atoms with Gasteiger partial charge in [-0.25, -0.2) is 0 Å². The van der Waals surface area contributed by atoms with Crippen LogP contribution in [0.5, 0.6) is 0 Å². The van der Waals surface area contributed by atoms with Crippen molar-refractivity contribution < 1.29 is 9.53 Å². The molecule has 1 amide bonds. The third-order valence-corrected chi connectivity index (χ3v) is 3.50. The topological polar surface area (TPSA) is 41.6 Å². The Balaban J connectivity index is 0.00000144. The zero-order valence-electron chi connectivity index (χ0n) is 10.5. The third kappa shape index (κ3) is 3.83. The number of likely N-dealkylation sites (tertiary alicyclic amines) is 1. The third-order valence-electron chi connectivity index (χ3n) is 3.50. The molecule has 0 bridgehead atoms. The average molecular weight is 263 g/mol. The number of halogens is 1. The maximum atomic E-state index is 12.3. The number of rotatable bonds is 1. The summed E-state index contributed by atoms with van der Waals surface area (Å²) in [5.41, 5.74) is 0. The second kappa shape index (κ2) is 7.19. The lowest BCUT2D eigenvalue weighted by Gasteiger charge is -2.33. The molecule has 0 aromatic carbocycles. The first kappa shape index (κ1) is 14.7. The highest BCUT2D eigenvalue weighted by Gasteiger charge is 2.31. The Labute approximate surface area is 109 Å². The molecule has 2 heterocycles. The predicted molar refractivity (Wildman–Crippen MR) is 69.5 cm³/mol. The molecule has 2 saturated heterocycles. The summed E-state index contributed by atoms with van der Waals surface area (Å²) in [4.78, 5) is 14.3. The van der Waals surface area contributed by atoms with Crippen LogP contribution in [-0.4, -0.2) is 49.2 Å². The smallest absolute Gasteiger partial charge is 0.242 e. The standard InChI is InChI=1S/C12H22N2O2.ClH/c1-10-11(13-6-9-16-10)12(15)14-7-4-2-3-5-8-14;/h10-11,13H,2-9H2,1H3;1H/t10-,11+;/m1./s1. The molecule has 0 spiro atoms. The summed E-state index contributed by atoms with van der Waals surface area (Å²) in [6.07, 6.45) is 4.81. The Morgan fingerprint density at radius 2 is 1.88 bits per heavy atom. The molecule has 2 aliphatic heterocycles. The molecule has 0 aliphatic carbocycles. The first-order valence-corrected chi connectivity index (χ1v) is 6.43. The van der Waals surface area contributed by atoms with E-state index in [0.29, 0.717) is 6.61 Å². The lowest BCUT2D eigenvalue weighted by atomic mass is 10.1. The van der Waals surface area contributed by atoms with Gasteiger partial charge in [0.15, 0.2) is 0 Å². The van der Waals surface area contributed by atoms with Crippen LogP contribution < -0.4 is 5.32 Å². The van der Waals surface area contributed by atoms with E-state index in [4.69, 9.17) is 4.74 Å². The van der Waals surface area contributed by atoms with Gasteiger partial charge in [0, 0.05) is 19.6 Å². The van der Waals surface area contributed by atoms with Crippen LogP contribution in [0.2, 0.25) is 0 Å². The van der Waals surface area contributed by atoms with Gasteiger partial charge < -0.3 is 15.0 Å². The molecule has 0 aromatic rings. The fourth-order valence-corrected chi connectivity index (χ4v) is 2.50. The van der Waals surface area contributed by atoms with Crippen LogP contribution >= 0.6 is 12.4 Å². The number of carbonyl (C=O) groups is 1. The molecule has 0 saturated carbocycles. The first-order valence-electron chi connectivity index (χ1n) is 6.43. The molecule has 1 N–H and O–H groups in total. The molecule has 4 nitrogen and oxygen atoms in total. The number of morpholine rings is 1. The maximum Gasteiger partial charge on any atom is 0.242 e. The van der Waals surface area contributed by atoms with Crippen molar-refractivity contribution in [2.75, 3.05) is 26.2 Å². The lowest BCUT2D eigenvalue weighted by Crippen LogP contribution is -2.56. The minimum Gasteiger partial charge on any atom is -0.375 e. The minimum absolute atomic E-state index is 0. The maximum absolute atomic E-state index is 12.3. The summed E-state index contributed by atoms with van der Waals surface area (Å²) < 4.78 is 5.52. The fraction of sp³-hybridized carbons (Fsp3) is 0.917. The monoisotopic (exact) mass is 262 g/mol. The molecule has 2 fully saturated rings. The summed E-state index contributed by atoms with van der Waals surface area (Å²) in [6, 6.07) is -0.133. The molecule has 17 heavy (non-hydrogen) atoms. The molecular weight excluding hydrogens is 240 g/mol. The fourth-order valence-electron chi connectivity index (χ4n) is 2.50. The zero-order chi connectivity index (χ0) is 11.4. The summed E-state index contributed by atoms with van der Waals surface area (Å²) in [7, 11) is 0. The number of hydrogen-bond donors (Lipinski definition) is 1. The van der Waals surface area contributed by atoms with Crippen molar-refractivity contribution in [1.82, 2.24) is 10.2 Å². The highest BCUT2D eigenvalue weighted by molar-refractivity contribution is 5.85. The van der Waals surface area contributed by atoms with E-state index < -0.39 is 0 Å². The second-order valence-corrected chi connectivity index (χ2v) is 4.75. The van der Waals surface area contributed by atoms with Crippen LogP contribution in [0.25, 0.3) is 0 Å². The van der Waals surface area contributed by atoms with Crippen LogP contribution in [0.15, 0.2) is 0 Å². The van der Waals surface area contributed by atoms with E-state index in [-0.39, 0.29) is 30.5 Å². The quantitative estimate of drug-likeness (QED) is 0.772. The molecule has 2 atom stereocenters. The van der Waals surface area contributed by atoms with E-state index in [1.807, 2.05) is 11.8 Å². The molecule has 2 aliphatic rings. The first-order chi connectivity index (χ1) is 7.79. The average Bonchev–Trinajstić information content (AvgIpc) is 2.57. The lowest BCUT2D eigenvalue weighted by molar-refractivity contribution is -0.139. The van der Waals surface area contributed by atoms with Crippen molar-refractivity contribution in [3.8, 4) is 0 Å². The van der Waals surface area contributed by atoms with Crippen molar-refractivity contribution in [2.24, 2.45) is 0 Å². The summed E-state index contributed by atoms with van der Waals surface area (Å²) in [5.74, 6) is 0.231. The number of hydrogen-bond acceptors (Lipinski definition) is 3. The normalized spacial score (nSPS) is 30.3. The van der Waals surface area contributed by atoms with Gasteiger partial charge in [-0.3, -0.25) is 4.79 Å². The largest absolute Gasteiger partial charge is 0.375 e. The SMILES string of the molecule is C[C@H]1OCCN[C@@H]1C(=O)N1CCCCCC1.Cl. The molecule has 100 valence electrons. The Morgan fingerprint density at radius 3 is 2.47 bits per heavy atom. The van der Waals surface area contributed by atoms with Crippen molar-refractivity contribution in [1.29, 1.82) is 0 Å².